The molecular weight excluding hydrogens is 436 g/mol. The van der Waals surface area contributed by atoms with Gasteiger partial charge in [0.25, 0.3) is 5.56 Å². The summed E-state index contributed by atoms with van der Waals surface area (Å²) < 4.78 is 2.00. The lowest BCUT2D eigenvalue weighted by Crippen LogP contribution is -2.52. The van der Waals surface area contributed by atoms with Gasteiger partial charge in [-0.05, 0) is 38.8 Å². The first-order chi connectivity index (χ1) is 15.1. The summed E-state index contributed by atoms with van der Waals surface area (Å²) in [5.41, 5.74) is -2.12. The Kier molecular flexibility index (Phi) is 6.99. The van der Waals surface area contributed by atoms with Gasteiger partial charge in [0.15, 0.2) is 0 Å². The SMILES string of the molecule is CCOOCc1sc2c(c1C)c(=O)n(C(C)(C)C(=O)O)c(=O)n2C[C@@H](O)c1ccccc1. The molecule has 0 spiro atoms. The maximum absolute atomic E-state index is 13.4. The molecule has 9 nitrogen and oxygen atoms in total. The predicted molar refractivity (Wildman–Crippen MR) is 120 cm³/mol. The maximum atomic E-state index is 13.4. The molecule has 0 radical (unpaired) electrons. The normalized spacial score (nSPS) is 12.9. The van der Waals surface area contributed by atoms with Crippen molar-refractivity contribution in [2.75, 3.05) is 6.61 Å². The molecule has 2 heterocycles. The van der Waals surface area contributed by atoms with Gasteiger partial charge in [-0.2, -0.15) is 0 Å². The molecule has 3 rings (SSSR count). The van der Waals surface area contributed by atoms with Crippen LogP contribution in [0.3, 0.4) is 0 Å². The van der Waals surface area contributed by atoms with Gasteiger partial charge in [-0.15, -0.1) is 11.3 Å². The molecule has 0 aliphatic heterocycles. The quantitative estimate of drug-likeness (QED) is 0.285. The van der Waals surface area contributed by atoms with Gasteiger partial charge < -0.3 is 10.2 Å². The van der Waals surface area contributed by atoms with Crippen LogP contribution in [0.15, 0.2) is 39.9 Å². The highest BCUT2D eigenvalue weighted by Gasteiger charge is 2.35. The van der Waals surface area contributed by atoms with Crippen molar-refractivity contribution in [2.45, 2.75) is 52.5 Å². The summed E-state index contributed by atoms with van der Waals surface area (Å²) in [5, 5.41) is 20.7. The number of thiophene rings is 1. The molecule has 0 fully saturated rings. The number of aliphatic carboxylic acids is 1. The third-order valence-corrected chi connectivity index (χ3v) is 6.61. The third kappa shape index (κ3) is 4.26. The molecule has 0 amide bonds. The van der Waals surface area contributed by atoms with Crippen LogP contribution < -0.4 is 11.2 Å². The topological polar surface area (TPSA) is 120 Å². The number of hydrogen-bond donors (Lipinski definition) is 2. The predicted octanol–water partition coefficient (Wildman–Crippen LogP) is 2.55. The van der Waals surface area contributed by atoms with Crippen molar-refractivity contribution < 1.29 is 24.8 Å². The molecule has 0 aliphatic carbocycles. The van der Waals surface area contributed by atoms with Gasteiger partial charge >= 0.3 is 11.7 Å². The number of aliphatic hydroxyl groups excluding tert-OH is 1. The zero-order valence-corrected chi connectivity index (χ0v) is 19.1. The summed E-state index contributed by atoms with van der Waals surface area (Å²) in [6.07, 6.45) is -1.04. The molecule has 2 N–H and O–H groups in total. The largest absolute Gasteiger partial charge is 0.480 e. The molecule has 0 unspecified atom stereocenters. The summed E-state index contributed by atoms with van der Waals surface area (Å²) in [6.45, 7) is 6.33. The number of aromatic nitrogens is 2. The van der Waals surface area contributed by atoms with Gasteiger partial charge in [-0.1, -0.05) is 30.3 Å². The van der Waals surface area contributed by atoms with E-state index in [2.05, 4.69) is 0 Å². The van der Waals surface area contributed by atoms with Crippen LogP contribution in [-0.2, 0) is 33.3 Å². The monoisotopic (exact) mass is 462 g/mol. The Bertz CT molecular complexity index is 1240. The van der Waals surface area contributed by atoms with E-state index in [1.54, 1.807) is 38.1 Å². The molecule has 1 aromatic carbocycles. The molecule has 0 saturated carbocycles. The lowest BCUT2D eigenvalue weighted by Gasteiger charge is -2.24. The first-order valence-electron chi connectivity index (χ1n) is 10.1. The van der Waals surface area contributed by atoms with E-state index in [4.69, 9.17) is 9.78 Å². The van der Waals surface area contributed by atoms with Crippen LogP contribution in [-0.4, -0.2) is 31.9 Å². The van der Waals surface area contributed by atoms with E-state index in [0.717, 1.165) is 4.57 Å². The molecule has 3 aromatic rings. The Balaban J connectivity index is 2.27. The van der Waals surface area contributed by atoms with Crippen LogP contribution in [0.5, 0.6) is 0 Å². The first-order valence-corrected chi connectivity index (χ1v) is 10.9. The second-order valence-electron chi connectivity index (χ2n) is 7.82. The number of fused-ring (bicyclic) bond motifs is 1. The number of aryl methyl sites for hydroxylation is 1. The summed E-state index contributed by atoms with van der Waals surface area (Å²) in [6, 6.07) is 8.80. The highest BCUT2D eigenvalue weighted by molar-refractivity contribution is 7.18. The van der Waals surface area contributed by atoms with Gasteiger partial charge in [0, 0.05) is 4.88 Å². The van der Waals surface area contributed by atoms with E-state index in [0.29, 0.717) is 27.4 Å². The smallest absolute Gasteiger partial charge is 0.333 e. The number of hydrogen-bond acceptors (Lipinski definition) is 7. The fourth-order valence-corrected chi connectivity index (χ4v) is 4.61. The van der Waals surface area contributed by atoms with E-state index < -0.39 is 28.9 Å². The van der Waals surface area contributed by atoms with Gasteiger partial charge in [-0.25, -0.2) is 23.9 Å². The number of carboxylic acids is 1. The zero-order chi connectivity index (χ0) is 23.6. The maximum Gasteiger partial charge on any atom is 0.333 e. The number of carboxylic acid groups (broad SMARTS) is 1. The molecule has 32 heavy (non-hydrogen) atoms. The van der Waals surface area contributed by atoms with Gasteiger partial charge in [-0.3, -0.25) is 9.36 Å². The highest BCUT2D eigenvalue weighted by Crippen LogP contribution is 2.30. The summed E-state index contributed by atoms with van der Waals surface area (Å²) in [4.78, 5) is 49.7. The Morgan fingerprint density at radius 3 is 2.44 bits per heavy atom. The molecule has 10 heteroatoms. The molecular formula is C22H26N2O7S. The zero-order valence-electron chi connectivity index (χ0n) is 18.3. The molecule has 0 bridgehead atoms. The van der Waals surface area contributed by atoms with Crippen LogP contribution in [0.1, 0.15) is 42.9 Å². The van der Waals surface area contributed by atoms with Crippen molar-refractivity contribution in [3.05, 3.63) is 67.2 Å². The highest BCUT2D eigenvalue weighted by atomic mass is 32.1. The van der Waals surface area contributed by atoms with Crippen molar-refractivity contribution in [3.63, 3.8) is 0 Å². The average molecular weight is 463 g/mol. The van der Waals surface area contributed by atoms with Crippen LogP contribution in [0, 0.1) is 6.92 Å². The van der Waals surface area contributed by atoms with Crippen molar-refractivity contribution in [2.24, 2.45) is 0 Å². The van der Waals surface area contributed by atoms with Gasteiger partial charge in [0.05, 0.1) is 24.6 Å². The van der Waals surface area contributed by atoms with E-state index in [1.165, 1.54) is 29.8 Å². The van der Waals surface area contributed by atoms with Crippen molar-refractivity contribution >= 4 is 27.5 Å². The Morgan fingerprint density at radius 1 is 1.19 bits per heavy atom. The molecule has 1 atom stereocenters. The first kappa shape index (κ1) is 23.9. The minimum absolute atomic E-state index is 0.0657. The van der Waals surface area contributed by atoms with E-state index in [9.17, 15) is 24.6 Å². The summed E-state index contributed by atoms with van der Waals surface area (Å²) in [7, 11) is 0. The summed E-state index contributed by atoms with van der Waals surface area (Å²) >= 11 is 1.18. The van der Waals surface area contributed by atoms with E-state index >= 15 is 0 Å². The van der Waals surface area contributed by atoms with E-state index in [1.807, 2.05) is 6.07 Å². The van der Waals surface area contributed by atoms with Gasteiger partial charge in [0.2, 0.25) is 0 Å². The minimum atomic E-state index is -1.79. The molecule has 172 valence electrons. The lowest BCUT2D eigenvalue weighted by molar-refractivity contribution is -0.300. The van der Waals surface area contributed by atoms with Gasteiger partial charge in [0.1, 0.15) is 17.0 Å². The Morgan fingerprint density at radius 2 is 1.84 bits per heavy atom. The third-order valence-electron chi connectivity index (χ3n) is 5.32. The minimum Gasteiger partial charge on any atom is -0.480 e. The van der Waals surface area contributed by atoms with Crippen molar-refractivity contribution in [1.29, 1.82) is 0 Å². The standard InChI is InChI=1S/C22H26N2O7S/c1-5-30-31-12-16-13(2)17-18(26)24(22(3,4)20(27)28)21(29)23(19(17)32-16)11-15(25)14-9-7-6-8-10-14/h6-10,15,25H,5,11-12H2,1-4H3,(H,27,28)/t15-/m1/s1. The number of carbonyl (C=O) groups is 1. The fourth-order valence-electron chi connectivity index (χ4n) is 3.41. The lowest BCUT2D eigenvalue weighted by atomic mass is 10.1. The molecule has 0 aliphatic rings. The number of aliphatic hydroxyl groups is 1. The Hall–Kier alpha value is -2.79. The second kappa shape index (κ2) is 9.37. The number of benzene rings is 1. The summed E-state index contributed by atoms with van der Waals surface area (Å²) in [5.74, 6) is -1.32. The number of nitrogens with zero attached hydrogens (tertiary/aromatic N) is 2. The average Bonchev–Trinajstić information content (AvgIpc) is 3.08. The van der Waals surface area contributed by atoms with Crippen LogP contribution in [0.4, 0.5) is 0 Å². The van der Waals surface area contributed by atoms with Crippen LogP contribution >= 0.6 is 11.3 Å². The fraction of sp³-hybridized carbons (Fsp3) is 0.409. The van der Waals surface area contributed by atoms with Crippen LogP contribution in [0.25, 0.3) is 10.2 Å². The van der Waals surface area contributed by atoms with Crippen LogP contribution in [0.2, 0.25) is 0 Å². The Labute approximate surface area is 188 Å². The van der Waals surface area contributed by atoms with Crippen molar-refractivity contribution in [1.82, 2.24) is 9.13 Å². The van der Waals surface area contributed by atoms with Crippen molar-refractivity contribution in [3.8, 4) is 0 Å². The molecule has 2 aromatic heterocycles. The van der Waals surface area contributed by atoms with E-state index in [-0.39, 0.29) is 18.5 Å². The molecule has 0 saturated heterocycles. The number of rotatable bonds is 9. The second-order valence-corrected chi connectivity index (χ2v) is 8.91.